The molecule has 1 atom stereocenters. The van der Waals surface area contributed by atoms with Crippen LogP contribution in [0.3, 0.4) is 0 Å². The first-order chi connectivity index (χ1) is 8.11. The van der Waals surface area contributed by atoms with Crippen LogP contribution in [0.2, 0.25) is 0 Å². The van der Waals surface area contributed by atoms with Crippen LogP contribution in [0.4, 0.5) is 0 Å². The largest absolute Gasteiger partial charge is 0.465 e. The van der Waals surface area contributed by atoms with E-state index in [9.17, 15) is 4.79 Å². The van der Waals surface area contributed by atoms with Gasteiger partial charge in [-0.3, -0.25) is 4.79 Å². The maximum Gasteiger partial charge on any atom is 0.316 e. The molecule has 90 valence electrons. The molecule has 0 saturated carbocycles. The summed E-state index contributed by atoms with van der Waals surface area (Å²) in [5, 5.41) is 0. The fourth-order valence-electron chi connectivity index (χ4n) is 1.48. The third kappa shape index (κ3) is 2.46. The highest BCUT2D eigenvalue weighted by Crippen LogP contribution is 2.19. The van der Waals surface area contributed by atoms with Gasteiger partial charge in [0.1, 0.15) is 11.7 Å². The zero-order valence-corrected chi connectivity index (χ0v) is 11.1. The Bertz CT molecular complexity index is 553. The standard InChI is InChI=1S/C11H12BrN3O2/c1-3-17-11(16)6(2)9-14-8-4-7(12)5-13-10(8)15-9/h4-6H,3H2,1-2H3,(H,13,14,15). The van der Waals surface area contributed by atoms with Gasteiger partial charge in [-0.25, -0.2) is 9.97 Å². The number of nitrogens with zero attached hydrogens (tertiary/aromatic N) is 2. The van der Waals surface area contributed by atoms with Crippen molar-refractivity contribution < 1.29 is 9.53 Å². The van der Waals surface area contributed by atoms with E-state index < -0.39 is 5.92 Å². The lowest BCUT2D eigenvalue weighted by Crippen LogP contribution is -2.14. The number of pyridine rings is 1. The Morgan fingerprint density at radius 3 is 3.12 bits per heavy atom. The van der Waals surface area contributed by atoms with Gasteiger partial charge in [-0.05, 0) is 35.8 Å². The minimum atomic E-state index is -0.414. The SMILES string of the molecule is CCOC(=O)C(C)c1nc2ncc(Br)cc2[nH]1. The number of esters is 1. The van der Waals surface area contributed by atoms with E-state index in [1.807, 2.05) is 6.07 Å². The molecule has 5 nitrogen and oxygen atoms in total. The molecule has 0 saturated heterocycles. The first-order valence-electron chi connectivity index (χ1n) is 5.29. The smallest absolute Gasteiger partial charge is 0.316 e. The predicted octanol–water partition coefficient (Wildman–Crippen LogP) is 2.39. The van der Waals surface area contributed by atoms with Gasteiger partial charge in [-0.2, -0.15) is 0 Å². The fraction of sp³-hybridized carbons (Fsp3) is 0.364. The molecule has 1 unspecified atom stereocenters. The van der Waals surface area contributed by atoms with Crippen molar-refractivity contribution in [2.24, 2.45) is 0 Å². The summed E-state index contributed by atoms with van der Waals surface area (Å²) in [6.07, 6.45) is 1.67. The Kier molecular flexibility index (Phi) is 3.42. The third-order valence-electron chi connectivity index (χ3n) is 2.37. The molecule has 0 aliphatic heterocycles. The van der Waals surface area contributed by atoms with Crippen LogP contribution in [0, 0.1) is 0 Å². The maximum absolute atomic E-state index is 11.6. The Labute approximate surface area is 107 Å². The number of rotatable bonds is 3. The normalized spacial score (nSPS) is 12.6. The number of carbonyl (C=O) groups excluding carboxylic acids is 1. The minimum absolute atomic E-state index is 0.286. The highest BCUT2D eigenvalue weighted by Gasteiger charge is 2.20. The van der Waals surface area contributed by atoms with Gasteiger partial charge in [-0.15, -0.1) is 0 Å². The number of nitrogens with one attached hydrogen (secondary N) is 1. The van der Waals surface area contributed by atoms with Crippen LogP contribution < -0.4 is 0 Å². The molecule has 2 aromatic rings. The fourth-order valence-corrected chi connectivity index (χ4v) is 1.81. The van der Waals surface area contributed by atoms with Crippen molar-refractivity contribution in [3.63, 3.8) is 0 Å². The molecule has 0 fully saturated rings. The van der Waals surface area contributed by atoms with Crippen LogP contribution in [0.5, 0.6) is 0 Å². The average Bonchev–Trinajstić information content (AvgIpc) is 2.71. The van der Waals surface area contributed by atoms with E-state index in [1.165, 1.54) is 0 Å². The summed E-state index contributed by atoms with van der Waals surface area (Å²) >= 11 is 3.33. The van der Waals surface area contributed by atoms with Gasteiger partial charge < -0.3 is 9.72 Å². The molecular weight excluding hydrogens is 286 g/mol. The summed E-state index contributed by atoms with van der Waals surface area (Å²) in [5.41, 5.74) is 1.39. The molecule has 0 radical (unpaired) electrons. The number of halogens is 1. The molecule has 2 heterocycles. The van der Waals surface area contributed by atoms with E-state index in [1.54, 1.807) is 20.0 Å². The number of H-pyrrole nitrogens is 1. The van der Waals surface area contributed by atoms with Crippen molar-refractivity contribution in [2.75, 3.05) is 6.61 Å². The van der Waals surface area contributed by atoms with Crippen LogP contribution in [0.1, 0.15) is 25.6 Å². The quantitative estimate of drug-likeness (QED) is 0.883. The molecule has 0 aliphatic rings. The summed E-state index contributed by atoms with van der Waals surface area (Å²) in [7, 11) is 0. The van der Waals surface area contributed by atoms with E-state index in [2.05, 4.69) is 30.9 Å². The van der Waals surface area contributed by atoms with Gasteiger partial charge in [-0.1, -0.05) is 0 Å². The lowest BCUT2D eigenvalue weighted by Gasteiger charge is -2.06. The molecule has 17 heavy (non-hydrogen) atoms. The second-order valence-corrected chi connectivity index (χ2v) is 4.54. The Balaban J connectivity index is 2.33. The van der Waals surface area contributed by atoms with Gasteiger partial charge >= 0.3 is 5.97 Å². The molecule has 2 rings (SSSR count). The number of ether oxygens (including phenoxy) is 1. The van der Waals surface area contributed by atoms with Crippen molar-refractivity contribution in [2.45, 2.75) is 19.8 Å². The summed E-state index contributed by atoms with van der Waals surface area (Å²) < 4.78 is 5.81. The highest BCUT2D eigenvalue weighted by molar-refractivity contribution is 9.10. The monoisotopic (exact) mass is 297 g/mol. The third-order valence-corrected chi connectivity index (χ3v) is 2.81. The number of fused-ring (bicyclic) bond motifs is 1. The maximum atomic E-state index is 11.6. The number of hydrogen-bond acceptors (Lipinski definition) is 4. The molecule has 2 aromatic heterocycles. The molecule has 1 N–H and O–H groups in total. The van der Waals surface area contributed by atoms with Crippen LogP contribution >= 0.6 is 15.9 Å². The van der Waals surface area contributed by atoms with E-state index in [-0.39, 0.29) is 5.97 Å². The van der Waals surface area contributed by atoms with Crippen LogP contribution in [-0.2, 0) is 9.53 Å². The Morgan fingerprint density at radius 1 is 1.65 bits per heavy atom. The van der Waals surface area contributed by atoms with E-state index in [0.29, 0.717) is 18.1 Å². The number of imidazole rings is 1. The molecule has 0 bridgehead atoms. The molecular formula is C11H12BrN3O2. The van der Waals surface area contributed by atoms with Crippen LogP contribution in [0.15, 0.2) is 16.7 Å². The predicted molar refractivity (Wildman–Crippen MR) is 66.6 cm³/mol. The molecule has 0 amide bonds. The molecule has 0 aromatic carbocycles. The zero-order valence-electron chi connectivity index (χ0n) is 9.53. The molecule has 0 spiro atoms. The van der Waals surface area contributed by atoms with Crippen LogP contribution in [-0.4, -0.2) is 27.5 Å². The molecule has 6 heteroatoms. The first kappa shape index (κ1) is 12.0. The van der Waals surface area contributed by atoms with Crippen LogP contribution in [0.25, 0.3) is 11.2 Å². The lowest BCUT2D eigenvalue weighted by atomic mass is 10.2. The first-order valence-corrected chi connectivity index (χ1v) is 6.09. The Morgan fingerprint density at radius 2 is 2.41 bits per heavy atom. The van der Waals surface area contributed by atoms with Gasteiger partial charge in [0.2, 0.25) is 0 Å². The summed E-state index contributed by atoms with van der Waals surface area (Å²) in [5.74, 6) is -0.127. The van der Waals surface area contributed by atoms with E-state index >= 15 is 0 Å². The molecule has 0 aliphatic carbocycles. The van der Waals surface area contributed by atoms with Gasteiger partial charge in [0.05, 0.1) is 12.1 Å². The van der Waals surface area contributed by atoms with Gasteiger partial charge in [0.15, 0.2) is 5.65 Å². The van der Waals surface area contributed by atoms with Crippen molar-refractivity contribution in [1.29, 1.82) is 0 Å². The van der Waals surface area contributed by atoms with Crippen molar-refractivity contribution in [3.8, 4) is 0 Å². The minimum Gasteiger partial charge on any atom is -0.465 e. The average molecular weight is 298 g/mol. The summed E-state index contributed by atoms with van der Waals surface area (Å²) in [6, 6.07) is 1.87. The number of hydrogen-bond donors (Lipinski definition) is 1. The number of aromatic nitrogens is 3. The van der Waals surface area contributed by atoms with E-state index in [0.717, 1.165) is 9.99 Å². The second-order valence-electron chi connectivity index (χ2n) is 3.62. The van der Waals surface area contributed by atoms with Crippen molar-refractivity contribution in [1.82, 2.24) is 15.0 Å². The van der Waals surface area contributed by atoms with Crippen molar-refractivity contribution >= 4 is 33.1 Å². The van der Waals surface area contributed by atoms with Gasteiger partial charge in [0.25, 0.3) is 0 Å². The Hall–Kier alpha value is -1.43. The summed E-state index contributed by atoms with van der Waals surface area (Å²) in [4.78, 5) is 23.1. The van der Waals surface area contributed by atoms with E-state index in [4.69, 9.17) is 4.74 Å². The van der Waals surface area contributed by atoms with Crippen molar-refractivity contribution in [3.05, 3.63) is 22.6 Å². The van der Waals surface area contributed by atoms with Gasteiger partial charge in [0, 0.05) is 10.7 Å². The second kappa shape index (κ2) is 4.83. The zero-order chi connectivity index (χ0) is 12.4. The highest BCUT2D eigenvalue weighted by atomic mass is 79.9. The lowest BCUT2D eigenvalue weighted by molar-refractivity contribution is -0.144. The topological polar surface area (TPSA) is 67.9 Å². The summed E-state index contributed by atoms with van der Waals surface area (Å²) in [6.45, 7) is 3.90. The number of aromatic amines is 1. The number of carbonyl (C=O) groups is 1.